The molecule has 1 aromatic carbocycles. The number of carbonyl (C=O) groups excluding carboxylic acids is 1. The second-order valence-corrected chi connectivity index (χ2v) is 5.82. The lowest BCUT2D eigenvalue weighted by Gasteiger charge is -2.14. The second kappa shape index (κ2) is 7.63. The molecular formula is C14H16N4O4S. The van der Waals surface area contributed by atoms with E-state index in [9.17, 15) is 14.4 Å². The van der Waals surface area contributed by atoms with Crippen molar-refractivity contribution in [3.63, 3.8) is 0 Å². The van der Waals surface area contributed by atoms with E-state index < -0.39 is 16.5 Å². The lowest BCUT2D eigenvalue weighted by molar-refractivity contribution is -0.115. The van der Waals surface area contributed by atoms with Crippen LogP contribution in [-0.2, 0) is 4.79 Å². The Bertz CT molecular complexity index is 802. The Morgan fingerprint density at radius 1 is 1.39 bits per heavy atom. The molecule has 1 aromatic heterocycles. The van der Waals surface area contributed by atoms with E-state index in [0.29, 0.717) is 18.0 Å². The number of benzene rings is 1. The number of anilines is 1. The van der Waals surface area contributed by atoms with E-state index >= 15 is 0 Å². The molecule has 8 nitrogen and oxygen atoms in total. The summed E-state index contributed by atoms with van der Waals surface area (Å²) >= 11 is 0.948. The Hall–Kier alpha value is -2.55. The monoisotopic (exact) mass is 336 g/mol. The molecule has 0 aliphatic carbocycles. The largest absolute Gasteiger partial charge is 0.492 e. The van der Waals surface area contributed by atoms with Crippen molar-refractivity contribution >= 4 is 23.4 Å². The number of nitrogens with one attached hydrogen (secondary N) is 3. The molecule has 0 radical (unpaired) electrons. The predicted octanol–water partition coefficient (Wildman–Crippen LogP) is 0.976. The number of ether oxygens (including phenoxy) is 1. The van der Waals surface area contributed by atoms with Gasteiger partial charge in [0.15, 0.2) is 5.03 Å². The highest BCUT2D eigenvalue weighted by molar-refractivity contribution is 8.00. The molecule has 1 heterocycles. The number of amides is 1. The third-order valence-electron chi connectivity index (χ3n) is 2.78. The summed E-state index contributed by atoms with van der Waals surface area (Å²) in [5.41, 5.74) is -0.773. The number of aromatic amines is 2. The van der Waals surface area contributed by atoms with Crippen molar-refractivity contribution in [1.82, 2.24) is 15.2 Å². The van der Waals surface area contributed by atoms with Crippen molar-refractivity contribution in [2.24, 2.45) is 0 Å². The molecule has 0 bridgehead atoms. The topological polar surface area (TPSA) is 117 Å². The van der Waals surface area contributed by atoms with Crippen molar-refractivity contribution in [3.8, 4) is 5.75 Å². The number of H-pyrrole nitrogens is 2. The van der Waals surface area contributed by atoms with E-state index in [-0.39, 0.29) is 10.9 Å². The van der Waals surface area contributed by atoms with E-state index in [4.69, 9.17) is 4.74 Å². The maximum Gasteiger partial charge on any atom is 0.342 e. The molecule has 2 rings (SSSR count). The van der Waals surface area contributed by atoms with Crippen LogP contribution in [0.5, 0.6) is 5.75 Å². The molecule has 3 N–H and O–H groups in total. The van der Waals surface area contributed by atoms with E-state index in [0.717, 1.165) is 11.8 Å². The average Bonchev–Trinajstić information content (AvgIpc) is 2.52. The summed E-state index contributed by atoms with van der Waals surface area (Å²) in [7, 11) is 0. The van der Waals surface area contributed by atoms with Gasteiger partial charge in [-0.15, -0.1) is 0 Å². The first kappa shape index (κ1) is 16.8. The van der Waals surface area contributed by atoms with Crippen LogP contribution < -0.4 is 21.3 Å². The van der Waals surface area contributed by atoms with Gasteiger partial charge in [-0.25, -0.2) is 9.89 Å². The van der Waals surface area contributed by atoms with Gasteiger partial charge in [0.25, 0.3) is 5.56 Å². The van der Waals surface area contributed by atoms with E-state index in [1.165, 1.54) is 0 Å². The summed E-state index contributed by atoms with van der Waals surface area (Å²) in [5.74, 6) is 0.259. The molecule has 1 unspecified atom stereocenters. The van der Waals surface area contributed by atoms with E-state index in [1.807, 2.05) is 13.0 Å². The average molecular weight is 336 g/mol. The fourth-order valence-electron chi connectivity index (χ4n) is 1.72. The van der Waals surface area contributed by atoms with Crippen LogP contribution in [0.3, 0.4) is 0 Å². The highest BCUT2D eigenvalue weighted by atomic mass is 32.2. The molecule has 1 amide bonds. The van der Waals surface area contributed by atoms with Crippen molar-refractivity contribution in [1.29, 1.82) is 0 Å². The number of carbonyl (C=O) groups is 1. The predicted molar refractivity (Wildman–Crippen MR) is 87.0 cm³/mol. The Balaban J connectivity index is 2.08. The molecule has 2 aromatic rings. The number of hydrogen-bond donors (Lipinski definition) is 3. The molecule has 0 spiro atoms. The number of rotatable bonds is 6. The maximum atomic E-state index is 12.3. The number of para-hydroxylation sites is 2. The summed E-state index contributed by atoms with van der Waals surface area (Å²) in [5, 5.41) is 7.93. The SMILES string of the molecule is CCOc1ccccc1NC(=O)C(C)Sc1n[nH]c(=O)[nH]c1=O. The highest BCUT2D eigenvalue weighted by Gasteiger charge is 2.18. The number of aromatic nitrogens is 3. The van der Waals surface area contributed by atoms with Crippen molar-refractivity contribution < 1.29 is 9.53 Å². The first-order valence-corrected chi connectivity index (χ1v) is 7.77. The van der Waals surface area contributed by atoms with Crippen LogP contribution in [0.2, 0.25) is 0 Å². The minimum Gasteiger partial charge on any atom is -0.492 e. The molecule has 0 aliphatic heterocycles. The zero-order valence-electron chi connectivity index (χ0n) is 12.6. The van der Waals surface area contributed by atoms with Crippen LogP contribution in [-0.4, -0.2) is 32.9 Å². The Labute approximate surface area is 135 Å². The van der Waals surface area contributed by atoms with Crippen LogP contribution in [0.4, 0.5) is 5.69 Å². The Morgan fingerprint density at radius 3 is 2.83 bits per heavy atom. The van der Waals surface area contributed by atoms with Crippen LogP contribution in [0, 0.1) is 0 Å². The summed E-state index contributed by atoms with van der Waals surface area (Å²) < 4.78 is 5.44. The first-order chi connectivity index (χ1) is 11.0. The molecular weight excluding hydrogens is 320 g/mol. The minimum absolute atomic E-state index is 0.0188. The minimum atomic E-state index is -0.693. The second-order valence-electron chi connectivity index (χ2n) is 4.49. The van der Waals surface area contributed by atoms with Gasteiger partial charge >= 0.3 is 5.69 Å². The first-order valence-electron chi connectivity index (χ1n) is 6.89. The summed E-state index contributed by atoms with van der Waals surface area (Å²) in [6.07, 6.45) is 0. The van der Waals surface area contributed by atoms with Gasteiger partial charge in [-0.1, -0.05) is 23.9 Å². The third kappa shape index (κ3) is 4.46. The maximum absolute atomic E-state index is 12.3. The summed E-state index contributed by atoms with van der Waals surface area (Å²) in [6, 6.07) is 7.07. The molecule has 0 saturated heterocycles. The van der Waals surface area contributed by atoms with Gasteiger partial charge in [-0.3, -0.25) is 14.6 Å². The summed E-state index contributed by atoms with van der Waals surface area (Å²) in [6.45, 7) is 3.97. The lowest BCUT2D eigenvalue weighted by Crippen LogP contribution is -2.28. The van der Waals surface area contributed by atoms with Crippen LogP contribution in [0.25, 0.3) is 0 Å². The molecule has 1 atom stereocenters. The fourth-order valence-corrected chi connectivity index (χ4v) is 2.48. The van der Waals surface area contributed by atoms with Crippen LogP contribution >= 0.6 is 11.8 Å². The standard InChI is InChI=1S/C14H16N4O4S/c1-3-22-10-7-5-4-6-9(10)15-11(19)8(2)23-13-12(20)16-14(21)18-17-13/h4-8H,3H2,1-2H3,(H,15,19)(H2,16,18,20,21). The normalized spacial score (nSPS) is 11.7. The summed E-state index contributed by atoms with van der Waals surface area (Å²) in [4.78, 5) is 36.8. The van der Waals surface area contributed by atoms with Gasteiger partial charge in [0.1, 0.15) is 5.75 Å². The van der Waals surface area contributed by atoms with Crippen LogP contribution in [0.15, 0.2) is 38.9 Å². The van der Waals surface area contributed by atoms with Gasteiger partial charge in [0, 0.05) is 0 Å². The van der Waals surface area contributed by atoms with Gasteiger partial charge in [-0.2, -0.15) is 5.10 Å². The zero-order valence-corrected chi connectivity index (χ0v) is 13.4. The molecule has 0 saturated carbocycles. The Morgan fingerprint density at radius 2 is 2.13 bits per heavy atom. The van der Waals surface area contributed by atoms with E-state index in [2.05, 4.69) is 20.5 Å². The Kier molecular flexibility index (Phi) is 5.58. The van der Waals surface area contributed by atoms with Gasteiger partial charge in [0.05, 0.1) is 17.5 Å². The molecule has 122 valence electrons. The van der Waals surface area contributed by atoms with Crippen molar-refractivity contribution in [2.75, 3.05) is 11.9 Å². The number of hydrogen-bond acceptors (Lipinski definition) is 6. The lowest BCUT2D eigenvalue weighted by atomic mass is 10.3. The molecule has 0 aliphatic rings. The third-order valence-corrected chi connectivity index (χ3v) is 3.85. The highest BCUT2D eigenvalue weighted by Crippen LogP contribution is 2.25. The smallest absolute Gasteiger partial charge is 0.342 e. The van der Waals surface area contributed by atoms with Crippen LogP contribution in [0.1, 0.15) is 13.8 Å². The van der Waals surface area contributed by atoms with Crippen molar-refractivity contribution in [2.45, 2.75) is 24.1 Å². The number of thioether (sulfide) groups is 1. The van der Waals surface area contributed by atoms with Crippen molar-refractivity contribution in [3.05, 3.63) is 45.1 Å². The van der Waals surface area contributed by atoms with Gasteiger partial charge < -0.3 is 10.1 Å². The van der Waals surface area contributed by atoms with Gasteiger partial charge in [0.2, 0.25) is 5.91 Å². The quantitative estimate of drug-likeness (QED) is 0.677. The molecule has 0 fully saturated rings. The van der Waals surface area contributed by atoms with Gasteiger partial charge in [-0.05, 0) is 26.0 Å². The molecule has 23 heavy (non-hydrogen) atoms. The number of nitrogens with zero attached hydrogens (tertiary/aromatic N) is 1. The fraction of sp³-hybridized carbons (Fsp3) is 0.286. The zero-order chi connectivity index (χ0) is 16.8. The molecule has 9 heteroatoms. The van der Waals surface area contributed by atoms with E-state index in [1.54, 1.807) is 25.1 Å².